The Labute approximate surface area is 124 Å². The van der Waals surface area contributed by atoms with Gasteiger partial charge in [-0.2, -0.15) is 0 Å². The van der Waals surface area contributed by atoms with E-state index in [4.69, 9.17) is 5.73 Å². The molecule has 0 aliphatic heterocycles. The summed E-state index contributed by atoms with van der Waals surface area (Å²) in [6.45, 7) is 4.36. The van der Waals surface area contributed by atoms with E-state index in [-0.39, 0.29) is 0 Å². The van der Waals surface area contributed by atoms with E-state index in [9.17, 15) is 0 Å². The van der Waals surface area contributed by atoms with Gasteiger partial charge in [0.2, 0.25) is 0 Å². The third kappa shape index (κ3) is 3.28. The first-order chi connectivity index (χ1) is 9.63. The third-order valence-electron chi connectivity index (χ3n) is 3.53. The first kappa shape index (κ1) is 14.8. The van der Waals surface area contributed by atoms with E-state index < -0.39 is 0 Å². The second-order valence-corrected chi connectivity index (χ2v) is 6.09. The van der Waals surface area contributed by atoms with Crippen molar-refractivity contribution in [3.63, 3.8) is 0 Å². The molecular formula is C15H22N4S. The van der Waals surface area contributed by atoms with Gasteiger partial charge < -0.3 is 10.6 Å². The van der Waals surface area contributed by atoms with Crippen LogP contribution in [-0.4, -0.2) is 23.1 Å². The minimum Gasteiger partial charge on any atom is -0.383 e. The lowest BCUT2D eigenvalue weighted by Crippen LogP contribution is -2.32. The van der Waals surface area contributed by atoms with Crippen LogP contribution in [0.15, 0.2) is 23.8 Å². The summed E-state index contributed by atoms with van der Waals surface area (Å²) in [5.74, 6) is 1.57. The summed E-state index contributed by atoms with van der Waals surface area (Å²) in [4.78, 5) is 12.2. The van der Waals surface area contributed by atoms with Crippen LogP contribution in [0, 0.1) is 0 Å². The molecule has 20 heavy (non-hydrogen) atoms. The molecule has 0 radical (unpaired) electrons. The van der Waals surface area contributed by atoms with Crippen molar-refractivity contribution in [2.45, 2.75) is 39.2 Å². The van der Waals surface area contributed by atoms with E-state index in [1.807, 2.05) is 0 Å². The molecule has 4 nitrogen and oxygen atoms in total. The van der Waals surface area contributed by atoms with Gasteiger partial charge in [-0.25, -0.2) is 9.97 Å². The Morgan fingerprint density at radius 2 is 2.20 bits per heavy atom. The van der Waals surface area contributed by atoms with Gasteiger partial charge in [-0.3, -0.25) is 0 Å². The molecule has 0 saturated carbocycles. The van der Waals surface area contributed by atoms with Crippen LogP contribution in [0.25, 0.3) is 0 Å². The molecule has 2 rings (SSSR count). The molecule has 0 bridgehead atoms. The topological polar surface area (TPSA) is 55.0 Å². The standard InChI is InChI=1S/C15H22N4S/c1-4-6-13-14(16)17-10-18-15(13)19(3)11(2)9-12-7-5-8-20-12/h5,7-8,10-11H,4,6,9H2,1-3H3,(H2,16,17,18). The average molecular weight is 290 g/mol. The smallest absolute Gasteiger partial charge is 0.137 e. The zero-order valence-corrected chi connectivity index (χ0v) is 13.2. The highest BCUT2D eigenvalue weighted by Crippen LogP contribution is 2.25. The minimum atomic E-state index is 0.374. The fourth-order valence-corrected chi connectivity index (χ4v) is 3.10. The minimum absolute atomic E-state index is 0.374. The van der Waals surface area contributed by atoms with Gasteiger partial charge >= 0.3 is 0 Å². The van der Waals surface area contributed by atoms with E-state index in [2.05, 4.69) is 53.3 Å². The summed E-state index contributed by atoms with van der Waals surface area (Å²) in [5.41, 5.74) is 7.07. The molecule has 0 aliphatic rings. The molecule has 2 aromatic rings. The van der Waals surface area contributed by atoms with Gasteiger partial charge in [0.05, 0.1) is 0 Å². The normalized spacial score (nSPS) is 12.3. The monoisotopic (exact) mass is 290 g/mol. The fourth-order valence-electron chi connectivity index (χ4n) is 2.28. The molecule has 2 aromatic heterocycles. The summed E-state index contributed by atoms with van der Waals surface area (Å²) in [5, 5.41) is 2.12. The predicted octanol–water partition coefficient (Wildman–Crippen LogP) is 3.14. The molecule has 0 fully saturated rings. The number of likely N-dealkylation sites (N-methyl/N-ethyl adjacent to an activating group) is 1. The van der Waals surface area contributed by atoms with Crippen LogP contribution in [0.5, 0.6) is 0 Å². The summed E-state index contributed by atoms with van der Waals surface area (Å²) in [6, 6.07) is 4.65. The fraction of sp³-hybridized carbons (Fsp3) is 0.467. The molecule has 108 valence electrons. The maximum atomic E-state index is 6.01. The number of nitrogen functional groups attached to an aromatic ring is 1. The maximum Gasteiger partial charge on any atom is 0.137 e. The van der Waals surface area contributed by atoms with E-state index in [0.29, 0.717) is 11.9 Å². The van der Waals surface area contributed by atoms with E-state index in [1.54, 1.807) is 17.7 Å². The molecule has 0 saturated heterocycles. The Balaban J connectivity index is 2.19. The molecule has 1 unspecified atom stereocenters. The van der Waals surface area contributed by atoms with Crippen LogP contribution in [0.4, 0.5) is 11.6 Å². The molecular weight excluding hydrogens is 268 g/mol. The third-order valence-corrected chi connectivity index (χ3v) is 4.43. The highest BCUT2D eigenvalue weighted by Gasteiger charge is 2.17. The Hall–Kier alpha value is -1.62. The van der Waals surface area contributed by atoms with Crippen molar-refractivity contribution in [3.8, 4) is 0 Å². The highest BCUT2D eigenvalue weighted by atomic mass is 32.1. The lowest BCUT2D eigenvalue weighted by atomic mass is 10.1. The quantitative estimate of drug-likeness (QED) is 0.888. The van der Waals surface area contributed by atoms with Gasteiger partial charge in [-0.05, 0) is 24.8 Å². The molecule has 0 aliphatic carbocycles. The molecule has 0 amide bonds. The maximum absolute atomic E-state index is 6.01. The van der Waals surface area contributed by atoms with Crippen LogP contribution in [0.3, 0.4) is 0 Å². The Morgan fingerprint density at radius 3 is 2.85 bits per heavy atom. The number of hydrogen-bond donors (Lipinski definition) is 1. The summed E-state index contributed by atoms with van der Waals surface area (Å²) in [6.07, 6.45) is 4.53. The van der Waals surface area contributed by atoms with Crippen molar-refractivity contribution in [1.82, 2.24) is 9.97 Å². The Kier molecular flexibility index (Phi) is 4.95. The van der Waals surface area contributed by atoms with Gasteiger partial charge in [-0.15, -0.1) is 11.3 Å². The van der Waals surface area contributed by atoms with E-state index in [1.165, 1.54) is 4.88 Å². The molecule has 2 N–H and O–H groups in total. The second kappa shape index (κ2) is 6.70. The Morgan fingerprint density at radius 1 is 1.40 bits per heavy atom. The van der Waals surface area contributed by atoms with Crippen molar-refractivity contribution in [1.29, 1.82) is 0 Å². The molecule has 2 heterocycles. The zero-order chi connectivity index (χ0) is 14.5. The molecule has 5 heteroatoms. The number of rotatable bonds is 6. The zero-order valence-electron chi connectivity index (χ0n) is 12.3. The predicted molar refractivity (Wildman–Crippen MR) is 86.3 cm³/mol. The highest BCUT2D eigenvalue weighted by molar-refractivity contribution is 7.09. The van der Waals surface area contributed by atoms with E-state index in [0.717, 1.165) is 30.6 Å². The average Bonchev–Trinajstić information content (AvgIpc) is 2.93. The lowest BCUT2D eigenvalue weighted by Gasteiger charge is -2.27. The summed E-state index contributed by atoms with van der Waals surface area (Å²) >= 11 is 1.80. The van der Waals surface area contributed by atoms with Gasteiger partial charge in [0.15, 0.2) is 0 Å². The molecule has 1 atom stereocenters. The van der Waals surface area contributed by atoms with Crippen LogP contribution < -0.4 is 10.6 Å². The second-order valence-electron chi connectivity index (χ2n) is 5.05. The largest absolute Gasteiger partial charge is 0.383 e. The van der Waals surface area contributed by atoms with Gasteiger partial charge in [0, 0.05) is 30.0 Å². The Bertz CT molecular complexity index is 539. The van der Waals surface area contributed by atoms with Crippen molar-refractivity contribution >= 4 is 23.0 Å². The number of nitrogens with two attached hydrogens (primary N) is 1. The number of thiophene rings is 1. The molecule has 0 spiro atoms. The van der Waals surface area contributed by atoms with Gasteiger partial charge in [0.25, 0.3) is 0 Å². The first-order valence-electron chi connectivity index (χ1n) is 6.98. The number of aromatic nitrogens is 2. The number of hydrogen-bond acceptors (Lipinski definition) is 5. The van der Waals surface area contributed by atoms with Gasteiger partial charge in [-0.1, -0.05) is 19.4 Å². The van der Waals surface area contributed by atoms with Gasteiger partial charge in [0.1, 0.15) is 18.0 Å². The van der Waals surface area contributed by atoms with Crippen LogP contribution in [-0.2, 0) is 12.8 Å². The van der Waals surface area contributed by atoms with Crippen LogP contribution >= 0.6 is 11.3 Å². The summed E-state index contributed by atoms with van der Waals surface area (Å²) < 4.78 is 0. The molecule has 0 aromatic carbocycles. The van der Waals surface area contributed by atoms with Crippen molar-refractivity contribution in [2.75, 3.05) is 17.7 Å². The van der Waals surface area contributed by atoms with E-state index >= 15 is 0 Å². The number of anilines is 2. The van der Waals surface area contributed by atoms with Crippen LogP contribution in [0.2, 0.25) is 0 Å². The first-order valence-corrected chi connectivity index (χ1v) is 7.86. The summed E-state index contributed by atoms with van der Waals surface area (Å²) in [7, 11) is 2.08. The lowest BCUT2D eigenvalue weighted by molar-refractivity contribution is 0.674. The van der Waals surface area contributed by atoms with Crippen molar-refractivity contribution < 1.29 is 0 Å². The van der Waals surface area contributed by atoms with Crippen molar-refractivity contribution in [3.05, 3.63) is 34.3 Å². The number of nitrogens with zero attached hydrogens (tertiary/aromatic N) is 3. The SMILES string of the molecule is CCCc1c(N)ncnc1N(C)C(C)Cc1cccs1. The van der Waals surface area contributed by atoms with Crippen LogP contribution in [0.1, 0.15) is 30.7 Å². The van der Waals surface area contributed by atoms with Crippen molar-refractivity contribution in [2.24, 2.45) is 0 Å².